The van der Waals surface area contributed by atoms with E-state index >= 15 is 0 Å². The zero-order chi connectivity index (χ0) is 18.0. The SMILES string of the molecule is CCN(CC)C(=O)c1sc2nc(-c3ccccc3OC)ccc2c1N. The Kier molecular flexibility index (Phi) is 4.90. The topological polar surface area (TPSA) is 68.5 Å². The van der Waals surface area contributed by atoms with Crippen molar-refractivity contribution in [1.82, 2.24) is 9.88 Å². The lowest BCUT2D eigenvalue weighted by atomic mass is 10.1. The molecule has 0 spiro atoms. The van der Waals surface area contributed by atoms with Gasteiger partial charge in [-0.2, -0.15) is 0 Å². The first-order chi connectivity index (χ1) is 12.1. The third kappa shape index (κ3) is 3.05. The second-order valence-electron chi connectivity index (χ2n) is 5.57. The minimum atomic E-state index is -0.0376. The van der Waals surface area contributed by atoms with Crippen molar-refractivity contribution < 1.29 is 9.53 Å². The zero-order valence-electron chi connectivity index (χ0n) is 14.6. The van der Waals surface area contributed by atoms with E-state index in [0.717, 1.165) is 27.2 Å². The zero-order valence-corrected chi connectivity index (χ0v) is 15.4. The van der Waals surface area contributed by atoms with E-state index in [1.54, 1.807) is 12.0 Å². The Morgan fingerprint density at radius 3 is 2.60 bits per heavy atom. The number of methoxy groups -OCH3 is 1. The molecule has 2 aromatic heterocycles. The van der Waals surface area contributed by atoms with Crippen LogP contribution in [0.1, 0.15) is 23.5 Å². The van der Waals surface area contributed by atoms with E-state index in [0.29, 0.717) is 23.7 Å². The minimum absolute atomic E-state index is 0.0376. The van der Waals surface area contributed by atoms with Gasteiger partial charge in [0, 0.05) is 24.0 Å². The summed E-state index contributed by atoms with van der Waals surface area (Å²) >= 11 is 1.35. The molecule has 25 heavy (non-hydrogen) atoms. The fourth-order valence-electron chi connectivity index (χ4n) is 2.82. The summed E-state index contributed by atoms with van der Waals surface area (Å²) in [5, 5.41) is 0.819. The van der Waals surface area contributed by atoms with Gasteiger partial charge in [0.2, 0.25) is 0 Å². The molecule has 1 amide bonds. The van der Waals surface area contributed by atoms with E-state index in [1.165, 1.54) is 11.3 Å². The van der Waals surface area contributed by atoms with Gasteiger partial charge in [0.1, 0.15) is 15.5 Å². The number of fused-ring (bicyclic) bond motifs is 1. The van der Waals surface area contributed by atoms with Gasteiger partial charge in [-0.15, -0.1) is 11.3 Å². The summed E-state index contributed by atoms with van der Waals surface area (Å²) in [5.41, 5.74) is 8.45. The van der Waals surface area contributed by atoms with E-state index in [-0.39, 0.29) is 5.91 Å². The highest BCUT2D eigenvalue weighted by Crippen LogP contribution is 2.36. The van der Waals surface area contributed by atoms with Crippen molar-refractivity contribution in [1.29, 1.82) is 0 Å². The Hall–Kier alpha value is -2.60. The Morgan fingerprint density at radius 1 is 1.20 bits per heavy atom. The normalized spacial score (nSPS) is 10.8. The molecule has 3 aromatic rings. The molecular weight excluding hydrogens is 334 g/mol. The molecule has 0 unspecified atom stereocenters. The number of benzene rings is 1. The first-order valence-corrected chi connectivity index (χ1v) is 9.04. The lowest BCUT2D eigenvalue weighted by molar-refractivity contribution is 0.0779. The predicted molar refractivity (Wildman–Crippen MR) is 103 cm³/mol. The third-order valence-corrected chi connectivity index (χ3v) is 5.32. The van der Waals surface area contributed by atoms with Gasteiger partial charge in [0.05, 0.1) is 18.5 Å². The summed E-state index contributed by atoms with van der Waals surface area (Å²) < 4.78 is 5.42. The van der Waals surface area contributed by atoms with Crippen LogP contribution in [0.25, 0.3) is 21.5 Å². The average molecular weight is 355 g/mol. The van der Waals surface area contributed by atoms with Crippen LogP contribution in [0.15, 0.2) is 36.4 Å². The maximum atomic E-state index is 12.7. The summed E-state index contributed by atoms with van der Waals surface area (Å²) in [6, 6.07) is 11.6. The van der Waals surface area contributed by atoms with Crippen LogP contribution in [0.4, 0.5) is 5.69 Å². The number of pyridine rings is 1. The molecule has 3 rings (SSSR count). The molecule has 0 saturated carbocycles. The van der Waals surface area contributed by atoms with Crippen LogP contribution in [0.2, 0.25) is 0 Å². The van der Waals surface area contributed by atoms with Gasteiger partial charge in [-0.05, 0) is 38.1 Å². The molecule has 0 fully saturated rings. The Labute approximate surface area is 151 Å². The average Bonchev–Trinajstić information content (AvgIpc) is 2.98. The lowest BCUT2D eigenvalue weighted by Crippen LogP contribution is -2.30. The standard InChI is InChI=1S/C19H21N3O2S/c1-4-22(5-2)19(23)17-16(20)13-10-11-14(21-18(13)25-17)12-8-6-7-9-15(12)24-3/h6-11H,4-5,20H2,1-3H3. The highest BCUT2D eigenvalue weighted by atomic mass is 32.1. The quantitative estimate of drug-likeness (QED) is 0.750. The Balaban J connectivity index is 2.09. The summed E-state index contributed by atoms with van der Waals surface area (Å²) in [4.78, 5) is 20.5. The number of ether oxygens (including phenoxy) is 1. The Morgan fingerprint density at radius 2 is 1.92 bits per heavy atom. The van der Waals surface area contributed by atoms with Crippen molar-refractivity contribution in [3.05, 3.63) is 41.3 Å². The van der Waals surface area contributed by atoms with Crippen LogP contribution in [0.5, 0.6) is 5.75 Å². The lowest BCUT2D eigenvalue weighted by Gasteiger charge is -2.17. The Bertz CT molecular complexity index is 916. The van der Waals surface area contributed by atoms with Crippen LogP contribution in [-0.2, 0) is 0 Å². The fraction of sp³-hybridized carbons (Fsp3) is 0.263. The summed E-state index contributed by atoms with van der Waals surface area (Å²) in [6.45, 7) is 5.23. The molecule has 5 nitrogen and oxygen atoms in total. The monoisotopic (exact) mass is 355 g/mol. The molecule has 2 heterocycles. The number of anilines is 1. The van der Waals surface area contributed by atoms with Gasteiger partial charge in [-0.1, -0.05) is 12.1 Å². The number of nitrogens with two attached hydrogens (primary N) is 1. The van der Waals surface area contributed by atoms with E-state index in [4.69, 9.17) is 15.5 Å². The van der Waals surface area contributed by atoms with E-state index < -0.39 is 0 Å². The highest BCUT2D eigenvalue weighted by molar-refractivity contribution is 7.21. The number of aromatic nitrogens is 1. The molecule has 0 aliphatic rings. The van der Waals surface area contributed by atoms with Gasteiger partial charge >= 0.3 is 0 Å². The smallest absolute Gasteiger partial charge is 0.266 e. The van der Waals surface area contributed by atoms with Crippen LogP contribution >= 0.6 is 11.3 Å². The van der Waals surface area contributed by atoms with Crippen molar-refractivity contribution in [3.63, 3.8) is 0 Å². The molecule has 1 aromatic carbocycles. The first-order valence-electron chi connectivity index (χ1n) is 8.22. The molecule has 0 aliphatic carbocycles. The van der Waals surface area contributed by atoms with Crippen molar-refractivity contribution in [3.8, 4) is 17.0 Å². The van der Waals surface area contributed by atoms with Gasteiger partial charge < -0.3 is 15.4 Å². The van der Waals surface area contributed by atoms with Crippen molar-refractivity contribution in [2.75, 3.05) is 25.9 Å². The number of rotatable bonds is 5. The molecule has 0 radical (unpaired) electrons. The summed E-state index contributed by atoms with van der Waals surface area (Å²) in [7, 11) is 1.64. The largest absolute Gasteiger partial charge is 0.496 e. The number of hydrogen-bond donors (Lipinski definition) is 1. The van der Waals surface area contributed by atoms with Crippen LogP contribution in [0.3, 0.4) is 0 Å². The third-order valence-electron chi connectivity index (χ3n) is 4.22. The number of para-hydroxylation sites is 1. The number of thiophene rings is 1. The van der Waals surface area contributed by atoms with Gasteiger partial charge in [0.15, 0.2) is 0 Å². The van der Waals surface area contributed by atoms with Crippen LogP contribution in [0, 0.1) is 0 Å². The number of carbonyl (C=O) groups excluding carboxylic acids is 1. The van der Waals surface area contributed by atoms with E-state index in [2.05, 4.69) is 0 Å². The van der Waals surface area contributed by atoms with Crippen LogP contribution < -0.4 is 10.5 Å². The van der Waals surface area contributed by atoms with Gasteiger partial charge in [0.25, 0.3) is 5.91 Å². The van der Waals surface area contributed by atoms with Crippen molar-refractivity contribution in [2.24, 2.45) is 0 Å². The number of hydrogen-bond acceptors (Lipinski definition) is 5. The van der Waals surface area contributed by atoms with E-state index in [9.17, 15) is 4.79 Å². The molecule has 0 saturated heterocycles. The summed E-state index contributed by atoms with van der Waals surface area (Å²) in [6.07, 6.45) is 0. The number of nitrogen functional groups attached to an aromatic ring is 1. The first kappa shape index (κ1) is 17.2. The molecule has 0 atom stereocenters. The van der Waals surface area contributed by atoms with Gasteiger partial charge in [-0.25, -0.2) is 4.98 Å². The van der Waals surface area contributed by atoms with Gasteiger partial charge in [-0.3, -0.25) is 4.79 Å². The second-order valence-corrected chi connectivity index (χ2v) is 6.57. The van der Waals surface area contributed by atoms with Crippen molar-refractivity contribution in [2.45, 2.75) is 13.8 Å². The second kappa shape index (κ2) is 7.11. The van der Waals surface area contributed by atoms with Crippen LogP contribution in [-0.4, -0.2) is 36.0 Å². The maximum Gasteiger partial charge on any atom is 0.266 e. The van der Waals surface area contributed by atoms with Crippen molar-refractivity contribution >= 4 is 33.1 Å². The summed E-state index contributed by atoms with van der Waals surface area (Å²) in [5.74, 6) is 0.725. The molecule has 130 valence electrons. The molecule has 0 aliphatic heterocycles. The fourth-order valence-corrected chi connectivity index (χ4v) is 3.88. The molecule has 0 bridgehead atoms. The minimum Gasteiger partial charge on any atom is -0.496 e. The molecular formula is C19H21N3O2S. The molecule has 2 N–H and O–H groups in total. The van der Waals surface area contributed by atoms with E-state index in [1.807, 2.05) is 50.2 Å². The number of carbonyl (C=O) groups is 1. The number of amides is 1. The predicted octanol–water partition coefficient (Wildman–Crippen LogP) is 4.04. The maximum absolute atomic E-state index is 12.7. The highest BCUT2D eigenvalue weighted by Gasteiger charge is 2.21. The molecule has 6 heteroatoms. The number of nitrogens with zero attached hydrogens (tertiary/aromatic N) is 2.